The lowest BCUT2D eigenvalue weighted by atomic mass is 10.1. The first-order chi connectivity index (χ1) is 14.0. The van der Waals surface area contributed by atoms with Gasteiger partial charge in [0.25, 0.3) is 0 Å². The molecule has 1 heterocycles. The molecule has 0 aliphatic heterocycles. The van der Waals surface area contributed by atoms with E-state index in [0.29, 0.717) is 41.6 Å². The molecule has 3 aromatic rings. The number of aromatic nitrogens is 1. The van der Waals surface area contributed by atoms with Gasteiger partial charge >= 0.3 is 6.03 Å². The highest BCUT2D eigenvalue weighted by Gasteiger charge is 2.08. The number of anilines is 1. The maximum atomic E-state index is 13.6. The van der Waals surface area contributed by atoms with Gasteiger partial charge in [-0.2, -0.15) is 0 Å². The molecule has 0 atom stereocenters. The summed E-state index contributed by atoms with van der Waals surface area (Å²) in [6.45, 7) is 2.28. The standard InChI is InChI=1S/C22H22FN3O3/c1-15-7-9-19(20(13-15)28-2)29-21-10-8-17(14-25-21)26-22(27)24-12-11-16-5-3-4-6-18(16)23/h3-10,13-14H,11-12H2,1-2H3,(H2,24,26,27). The first-order valence-corrected chi connectivity index (χ1v) is 9.12. The number of carbonyl (C=O) groups is 1. The van der Waals surface area contributed by atoms with Crippen molar-refractivity contribution in [2.24, 2.45) is 0 Å². The number of rotatable bonds is 7. The molecule has 0 fully saturated rings. The number of pyridine rings is 1. The number of urea groups is 1. The summed E-state index contributed by atoms with van der Waals surface area (Å²) in [6.07, 6.45) is 1.90. The Bertz CT molecular complexity index is 977. The highest BCUT2D eigenvalue weighted by Crippen LogP contribution is 2.31. The van der Waals surface area contributed by atoms with E-state index in [1.165, 1.54) is 12.3 Å². The molecule has 2 aromatic carbocycles. The quantitative estimate of drug-likeness (QED) is 0.609. The molecule has 0 bridgehead atoms. The van der Waals surface area contributed by atoms with E-state index in [0.717, 1.165) is 5.56 Å². The summed E-state index contributed by atoms with van der Waals surface area (Å²) in [4.78, 5) is 16.2. The van der Waals surface area contributed by atoms with E-state index in [4.69, 9.17) is 9.47 Å². The van der Waals surface area contributed by atoms with Crippen molar-refractivity contribution in [3.63, 3.8) is 0 Å². The highest BCUT2D eigenvalue weighted by atomic mass is 19.1. The number of aryl methyl sites for hydroxylation is 1. The van der Waals surface area contributed by atoms with E-state index in [2.05, 4.69) is 15.6 Å². The molecule has 2 amide bonds. The minimum atomic E-state index is -0.392. The third-order valence-corrected chi connectivity index (χ3v) is 4.17. The van der Waals surface area contributed by atoms with Crippen molar-refractivity contribution < 1.29 is 18.7 Å². The van der Waals surface area contributed by atoms with Gasteiger partial charge in [0.15, 0.2) is 11.5 Å². The van der Waals surface area contributed by atoms with Crippen LogP contribution in [0.2, 0.25) is 0 Å². The van der Waals surface area contributed by atoms with Crippen molar-refractivity contribution >= 4 is 11.7 Å². The summed E-state index contributed by atoms with van der Waals surface area (Å²) in [6, 6.07) is 15.0. The lowest BCUT2D eigenvalue weighted by molar-refractivity contribution is 0.252. The predicted octanol–water partition coefficient (Wildman–Crippen LogP) is 4.69. The molecule has 6 nitrogen and oxygen atoms in total. The number of ether oxygens (including phenoxy) is 2. The number of hydrogen-bond donors (Lipinski definition) is 2. The minimum absolute atomic E-state index is 0.278. The molecule has 7 heteroatoms. The summed E-state index contributed by atoms with van der Waals surface area (Å²) >= 11 is 0. The minimum Gasteiger partial charge on any atom is -0.493 e. The molecule has 0 spiro atoms. The highest BCUT2D eigenvalue weighted by molar-refractivity contribution is 5.89. The van der Waals surface area contributed by atoms with Crippen molar-refractivity contribution in [2.75, 3.05) is 19.0 Å². The Kier molecular flexibility index (Phi) is 6.63. The predicted molar refractivity (Wildman–Crippen MR) is 109 cm³/mol. The maximum Gasteiger partial charge on any atom is 0.319 e. The molecule has 3 rings (SSSR count). The van der Waals surface area contributed by atoms with Crippen molar-refractivity contribution in [3.8, 4) is 17.4 Å². The molecule has 0 saturated carbocycles. The van der Waals surface area contributed by atoms with E-state index in [-0.39, 0.29) is 5.82 Å². The summed E-state index contributed by atoms with van der Waals surface area (Å²) in [7, 11) is 1.58. The van der Waals surface area contributed by atoms with Crippen LogP contribution in [0.1, 0.15) is 11.1 Å². The van der Waals surface area contributed by atoms with Gasteiger partial charge in [-0.3, -0.25) is 0 Å². The van der Waals surface area contributed by atoms with Crippen LogP contribution in [0.25, 0.3) is 0 Å². The second kappa shape index (κ2) is 9.54. The van der Waals surface area contributed by atoms with Crippen LogP contribution in [0.4, 0.5) is 14.9 Å². The topological polar surface area (TPSA) is 72.5 Å². The van der Waals surface area contributed by atoms with Crippen LogP contribution >= 0.6 is 0 Å². The average molecular weight is 395 g/mol. The summed E-state index contributed by atoms with van der Waals surface area (Å²) in [5, 5.41) is 5.37. The third-order valence-electron chi connectivity index (χ3n) is 4.17. The fraction of sp³-hybridized carbons (Fsp3) is 0.182. The fourth-order valence-electron chi connectivity index (χ4n) is 2.67. The second-order valence-electron chi connectivity index (χ2n) is 6.36. The molecule has 2 N–H and O–H groups in total. The molecular weight excluding hydrogens is 373 g/mol. The second-order valence-corrected chi connectivity index (χ2v) is 6.36. The van der Waals surface area contributed by atoms with Gasteiger partial charge in [0.2, 0.25) is 5.88 Å². The number of benzene rings is 2. The maximum absolute atomic E-state index is 13.6. The first-order valence-electron chi connectivity index (χ1n) is 9.12. The van der Waals surface area contributed by atoms with Crippen molar-refractivity contribution in [2.45, 2.75) is 13.3 Å². The van der Waals surface area contributed by atoms with E-state index in [9.17, 15) is 9.18 Å². The Balaban J connectivity index is 1.51. The van der Waals surface area contributed by atoms with Gasteiger partial charge < -0.3 is 20.1 Å². The van der Waals surface area contributed by atoms with Crippen LogP contribution in [0.15, 0.2) is 60.8 Å². The van der Waals surface area contributed by atoms with Crippen LogP contribution in [0.3, 0.4) is 0 Å². The van der Waals surface area contributed by atoms with Gasteiger partial charge in [0.05, 0.1) is 19.0 Å². The van der Waals surface area contributed by atoms with Crippen molar-refractivity contribution in [3.05, 3.63) is 77.7 Å². The monoisotopic (exact) mass is 395 g/mol. The van der Waals surface area contributed by atoms with E-state index in [1.807, 2.05) is 25.1 Å². The molecule has 0 aliphatic carbocycles. The van der Waals surface area contributed by atoms with Gasteiger partial charge in [-0.25, -0.2) is 14.2 Å². The number of hydrogen-bond acceptors (Lipinski definition) is 4. The molecule has 0 unspecified atom stereocenters. The molecule has 0 aliphatic rings. The first kappa shape index (κ1) is 20.1. The van der Waals surface area contributed by atoms with Crippen LogP contribution in [-0.4, -0.2) is 24.7 Å². The molecule has 1 aromatic heterocycles. The summed E-state index contributed by atoms with van der Waals surface area (Å²) < 4.78 is 24.6. The number of carbonyl (C=O) groups excluding carboxylic acids is 1. The Morgan fingerprint density at radius 3 is 2.66 bits per heavy atom. The van der Waals surface area contributed by atoms with E-state index < -0.39 is 6.03 Å². The SMILES string of the molecule is COc1cc(C)ccc1Oc1ccc(NC(=O)NCCc2ccccc2F)cn1. The molecule has 29 heavy (non-hydrogen) atoms. The van der Waals surface area contributed by atoms with Crippen LogP contribution in [0.5, 0.6) is 17.4 Å². The molecular formula is C22H22FN3O3. The Hall–Kier alpha value is -3.61. The summed E-state index contributed by atoms with van der Waals surface area (Å²) in [5.41, 5.74) is 2.13. The molecule has 0 saturated heterocycles. The Morgan fingerprint density at radius 1 is 1.10 bits per heavy atom. The smallest absolute Gasteiger partial charge is 0.319 e. The zero-order valence-corrected chi connectivity index (χ0v) is 16.2. The molecule has 0 radical (unpaired) electrons. The number of methoxy groups -OCH3 is 1. The van der Waals surface area contributed by atoms with Gasteiger partial charge in [-0.15, -0.1) is 0 Å². The lowest BCUT2D eigenvalue weighted by Gasteiger charge is -2.11. The van der Waals surface area contributed by atoms with Crippen molar-refractivity contribution in [1.29, 1.82) is 0 Å². The van der Waals surface area contributed by atoms with E-state index >= 15 is 0 Å². The summed E-state index contributed by atoms with van der Waals surface area (Å²) in [5.74, 6) is 1.26. The van der Waals surface area contributed by atoms with E-state index in [1.54, 1.807) is 37.4 Å². The fourth-order valence-corrected chi connectivity index (χ4v) is 2.67. The van der Waals surface area contributed by atoms with Crippen LogP contribution in [-0.2, 0) is 6.42 Å². The Morgan fingerprint density at radius 2 is 1.93 bits per heavy atom. The third kappa shape index (κ3) is 5.68. The van der Waals surface area contributed by atoms with Gasteiger partial charge in [0, 0.05) is 12.6 Å². The Labute approximate surface area is 168 Å². The van der Waals surface area contributed by atoms with Crippen LogP contribution < -0.4 is 20.1 Å². The number of nitrogens with zero attached hydrogens (tertiary/aromatic N) is 1. The number of halogens is 1. The van der Waals surface area contributed by atoms with Crippen molar-refractivity contribution in [1.82, 2.24) is 10.3 Å². The molecule has 150 valence electrons. The zero-order chi connectivity index (χ0) is 20.6. The van der Waals surface area contributed by atoms with Gasteiger partial charge in [-0.05, 0) is 48.7 Å². The normalized spacial score (nSPS) is 10.3. The largest absolute Gasteiger partial charge is 0.493 e. The van der Waals surface area contributed by atoms with Gasteiger partial charge in [0.1, 0.15) is 5.82 Å². The van der Waals surface area contributed by atoms with Gasteiger partial charge in [-0.1, -0.05) is 24.3 Å². The number of amides is 2. The lowest BCUT2D eigenvalue weighted by Crippen LogP contribution is -2.30. The van der Waals surface area contributed by atoms with Crippen LogP contribution in [0, 0.1) is 12.7 Å². The zero-order valence-electron chi connectivity index (χ0n) is 16.2. The average Bonchev–Trinajstić information content (AvgIpc) is 2.72. The number of nitrogens with one attached hydrogen (secondary N) is 2.